The number of hydrogen-bond donors (Lipinski definition) is 0. The van der Waals surface area contributed by atoms with Gasteiger partial charge in [0.2, 0.25) is 0 Å². The van der Waals surface area contributed by atoms with Gasteiger partial charge in [0, 0.05) is 5.56 Å². The Morgan fingerprint density at radius 2 is 1.71 bits per heavy atom. The Kier molecular flexibility index (Phi) is 8.76. The molecule has 4 rings (SSSR count). The summed E-state index contributed by atoms with van der Waals surface area (Å²) < 4.78 is 59.9. The smallest absolute Gasteiger partial charge is 0.271 e. The first-order valence-corrected chi connectivity index (χ1v) is 13.1. The van der Waals surface area contributed by atoms with Gasteiger partial charge in [0.1, 0.15) is 0 Å². The highest BCUT2D eigenvalue weighted by molar-refractivity contribution is 5.67. The van der Waals surface area contributed by atoms with Gasteiger partial charge in [-0.25, -0.2) is 13.2 Å². The normalized spacial score (nSPS) is 32.4. The van der Waals surface area contributed by atoms with Crippen LogP contribution in [0.25, 0.3) is 5.57 Å². The topological polar surface area (TPSA) is 27.7 Å². The molecule has 34 heavy (non-hydrogen) atoms. The maximum absolute atomic E-state index is 14.5. The van der Waals surface area contributed by atoms with Crippen molar-refractivity contribution in [1.29, 1.82) is 0 Å². The van der Waals surface area contributed by atoms with E-state index in [2.05, 4.69) is 6.08 Å². The Morgan fingerprint density at radius 3 is 2.32 bits per heavy atom. The Hall–Kier alpha value is -1.37. The Balaban J connectivity index is 1.20. The fourth-order valence-electron chi connectivity index (χ4n) is 5.89. The minimum Gasteiger partial charge on any atom is -0.330 e. The van der Waals surface area contributed by atoms with Crippen LogP contribution in [-0.2, 0) is 20.6 Å². The van der Waals surface area contributed by atoms with Crippen LogP contribution in [0.15, 0.2) is 18.2 Å². The standard InChI is InChI=1S/C28H39F3O3/c1-3-15-28(31)17-33-27(34-18-28)32-16-19-5-7-21(8-6-19)22-9-11-23(12-10-22)24-14-13-20(4-2)25(29)26(24)30/h11,13-14,19,21-22,27H,3-10,12,15-18H2,1-2H3. The van der Waals surface area contributed by atoms with Crippen LogP contribution in [-0.4, -0.2) is 32.0 Å². The second-order valence-corrected chi connectivity index (χ2v) is 10.4. The molecule has 1 saturated carbocycles. The van der Waals surface area contributed by atoms with Crippen molar-refractivity contribution < 1.29 is 27.4 Å². The molecule has 1 atom stereocenters. The minimum absolute atomic E-state index is 0.0364. The van der Waals surface area contributed by atoms with E-state index in [-0.39, 0.29) is 13.2 Å². The molecule has 1 saturated heterocycles. The number of allylic oxidation sites excluding steroid dienone is 2. The van der Waals surface area contributed by atoms with Crippen molar-refractivity contribution in [3.05, 3.63) is 41.0 Å². The van der Waals surface area contributed by atoms with E-state index in [1.165, 1.54) is 0 Å². The third kappa shape index (κ3) is 6.06. The molecule has 0 spiro atoms. The molecule has 1 heterocycles. The summed E-state index contributed by atoms with van der Waals surface area (Å²) in [6.45, 7) is 3.69. The quantitative estimate of drug-likeness (QED) is 0.389. The number of hydrogen-bond acceptors (Lipinski definition) is 3. The summed E-state index contributed by atoms with van der Waals surface area (Å²) in [6, 6.07) is 3.46. The third-order valence-electron chi connectivity index (χ3n) is 8.02. The van der Waals surface area contributed by atoms with Crippen LogP contribution in [0.5, 0.6) is 0 Å². The van der Waals surface area contributed by atoms with E-state index >= 15 is 0 Å². The fraction of sp³-hybridized carbons (Fsp3) is 0.714. The highest BCUT2D eigenvalue weighted by atomic mass is 19.2. The number of alkyl halides is 1. The van der Waals surface area contributed by atoms with E-state index in [4.69, 9.17) is 14.2 Å². The summed E-state index contributed by atoms with van der Waals surface area (Å²) in [7, 11) is 0. The zero-order valence-corrected chi connectivity index (χ0v) is 20.6. The maximum Gasteiger partial charge on any atom is 0.271 e. The SMILES string of the molecule is CCCC1(F)COC(OCC2CCC(C3CC=C(c4ccc(CC)c(F)c4F)CC3)CC2)OC1. The second-order valence-electron chi connectivity index (χ2n) is 10.4. The Bertz CT molecular complexity index is 840. The summed E-state index contributed by atoms with van der Waals surface area (Å²) in [5.41, 5.74) is 0.423. The van der Waals surface area contributed by atoms with E-state index in [0.29, 0.717) is 48.3 Å². The Morgan fingerprint density at radius 1 is 0.971 bits per heavy atom. The molecule has 0 aromatic heterocycles. The van der Waals surface area contributed by atoms with Crippen molar-refractivity contribution in [3.8, 4) is 0 Å². The summed E-state index contributed by atoms with van der Waals surface area (Å²) in [4.78, 5) is 0. The molecule has 2 fully saturated rings. The van der Waals surface area contributed by atoms with E-state index in [0.717, 1.165) is 56.9 Å². The van der Waals surface area contributed by atoms with Gasteiger partial charge in [-0.15, -0.1) is 0 Å². The van der Waals surface area contributed by atoms with Crippen LogP contribution >= 0.6 is 0 Å². The van der Waals surface area contributed by atoms with Crippen LogP contribution in [0.2, 0.25) is 0 Å². The van der Waals surface area contributed by atoms with E-state index in [1.807, 2.05) is 13.8 Å². The second kappa shape index (κ2) is 11.6. The molecule has 0 N–H and O–H groups in total. The average molecular weight is 481 g/mol. The van der Waals surface area contributed by atoms with Crippen LogP contribution < -0.4 is 0 Å². The number of halogens is 3. The summed E-state index contributed by atoms with van der Waals surface area (Å²) in [5, 5.41) is 0. The molecule has 0 amide bonds. The maximum atomic E-state index is 14.5. The molecule has 3 aliphatic rings. The largest absolute Gasteiger partial charge is 0.330 e. The van der Waals surface area contributed by atoms with Crippen LogP contribution in [0.1, 0.15) is 82.8 Å². The lowest BCUT2D eigenvalue weighted by molar-refractivity contribution is -0.341. The van der Waals surface area contributed by atoms with Gasteiger partial charge >= 0.3 is 0 Å². The van der Waals surface area contributed by atoms with Crippen molar-refractivity contribution >= 4 is 5.57 Å². The molecule has 3 nitrogen and oxygen atoms in total. The van der Waals surface area contributed by atoms with Crippen molar-refractivity contribution in [2.24, 2.45) is 17.8 Å². The van der Waals surface area contributed by atoms with E-state index in [1.54, 1.807) is 12.1 Å². The highest BCUT2D eigenvalue weighted by Gasteiger charge is 2.37. The van der Waals surface area contributed by atoms with E-state index in [9.17, 15) is 13.2 Å². The van der Waals surface area contributed by atoms with Gasteiger partial charge in [-0.2, -0.15) is 0 Å². The van der Waals surface area contributed by atoms with Crippen molar-refractivity contribution in [1.82, 2.24) is 0 Å². The van der Waals surface area contributed by atoms with Crippen molar-refractivity contribution in [3.63, 3.8) is 0 Å². The van der Waals surface area contributed by atoms with Gasteiger partial charge in [0.05, 0.1) is 19.8 Å². The molecule has 1 aromatic rings. The van der Waals surface area contributed by atoms with E-state index < -0.39 is 23.8 Å². The lowest BCUT2D eigenvalue weighted by atomic mass is 9.71. The van der Waals surface area contributed by atoms with Gasteiger partial charge in [-0.1, -0.05) is 38.5 Å². The van der Waals surface area contributed by atoms with Gasteiger partial charge in [-0.3, -0.25) is 0 Å². The van der Waals surface area contributed by atoms with Crippen LogP contribution in [0.3, 0.4) is 0 Å². The number of rotatable bonds is 8. The van der Waals surface area contributed by atoms with Gasteiger partial charge in [0.15, 0.2) is 17.3 Å². The first-order valence-electron chi connectivity index (χ1n) is 13.1. The first-order chi connectivity index (χ1) is 16.4. The fourth-order valence-corrected chi connectivity index (χ4v) is 5.89. The van der Waals surface area contributed by atoms with Crippen LogP contribution in [0.4, 0.5) is 13.2 Å². The van der Waals surface area contributed by atoms with Gasteiger partial charge in [-0.05, 0) is 86.7 Å². The Labute approximate surface area is 202 Å². The first kappa shape index (κ1) is 25.7. The predicted molar refractivity (Wildman–Crippen MR) is 127 cm³/mol. The average Bonchev–Trinajstić information content (AvgIpc) is 2.86. The number of benzene rings is 1. The van der Waals surface area contributed by atoms with Crippen molar-refractivity contribution in [2.45, 2.75) is 90.2 Å². The summed E-state index contributed by atoms with van der Waals surface area (Å²) in [5.74, 6) is 0.354. The van der Waals surface area contributed by atoms with Gasteiger partial charge < -0.3 is 14.2 Å². The predicted octanol–water partition coefficient (Wildman–Crippen LogP) is 7.37. The number of aryl methyl sites for hydroxylation is 1. The van der Waals surface area contributed by atoms with Gasteiger partial charge in [0.25, 0.3) is 6.48 Å². The molecule has 1 unspecified atom stereocenters. The van der Waals surface area contributed by atoms with Crippen molar-refractivity contribution in [2.75, 3.05) is 19.8 Å². The molecule has 2 aliphatic carbocycles. The number of ether oxygens (including phenoxy) is 3. The zero-order chi connectivity index (χ0) is 24.1. The summed E-state index contributed by atoms with van der Waals surface area (Å²) in [6.07, 6.45) is 11.1. The molecule has 190 valence electrons. The lowest BCUT2D eigenvalue weighted by Gasteiger charge is -2.37. The minimum atomic E-state index is -1.39. The summed E-state index contributed by atoms with van der Waals surface area (Å²) >= 11 is 0. The molecular weight excluding hydrogens is 441 g/mol. The highest BCUT2D eigenvalue weighted by Crippen LogP contribution is 2.42. The molecule has 6 heteroatoms. The molecule has 1 aliphatic heterocycles. The molecule has 0 radical (unpaired) electrons. The van der Waals surface area contributed by atoms with Crippen LogP contribution in [0, 0.1) is 29.4 Å². The lowest BCUT2D eigenvalue weighted by Crippen LogP contribution is -2.45. The molecule has 1 aromatic carbocycles. The zero-order valence-electron chi connectivity index (χ0n) is 20.6. The monoisotopic (exact) mass is 480 g/mol. The third-order valence-corrected chi connectivity index (χ3v) is 8.02. The molecular formula is C28H39F3O3. The molecule has 0 bridgehead atoms.